The highest BCUT2D eigenvalue weighted by atomic mass is 35.5. The SMILES string of the molecule is CC(C)(CCl)CNc1ccncn1. The first-order chi connectivity index (χ1) is 6.14. The zero-order valence-corrected chi connectivity index (χ0v) is 8.67. The van der Waals surface area contributed by atoms with Crippen LogP contribution in [0.5, 0.6) is 0 Å². The summed E-state index contributed by atoms with van der Waals surface area (Å²) in [4.78, 5) is 7.88. The van der Waals surface area contributed by atoms with Crippen molar-refractivity contribution in [2.45, 2.75) is 13.8 Å². The lowest BCUT2D eigenvalue weighted by Crippen LogP contribution is -2.24. The van der Waals surface area contributed by atoms with E-state index in [0.29, 0.717) is 5.88 Å². The molecular weight excluding hydrogens is 186 g/mol. The van der Waals surface area contributed by atoms with Gasteiger partial charge in [0.05, 0.1) is 0 Å². The molecule has 0 amide bonds. The number of nitrogens with one attached hydrogen (secondary N) is 1. The Morgan fingerprint density at radius 3 is 2.85 bits per heavy atom. The topological polar surface area (TPSA) is 37.8 Å². The number of nitrogens with zero attached hydrogens (tertiary/aromatic N) is 2. The number of rotatable bonds is 4. The lowest BCUT2D eigenvalue weighted by molar-refractivity contribution is 0.449. The van der Waals surface area contributed by atoms with Crippen molar-refractivity contribution >= 4 is 17.4 Å². The van der Waals surface area contributed by atoms with Crippen molar-refractivity contribution in [3.63, 3.8) is 0 Å². The van der Waals surface area contributed by atoms with Gasteiger partial charge in [-0.3, -0.25) is 0 Å². The second-order valence-electron chi connectivity index (χ2n) is 3.75. The largest absolute Gasteiger partial charge is 0.369 e. The molecule has 0 aliphatic carbocycles. The summed E-state index contributed by atoms with van der Waals surface area (Å²) in [5, 5.41) is 3.20. The number of hydrogen-bond donors (Lipinski definition) is 1. The monoisotopic (exact) mass is 199 g/mol. The molecule has 13 heavy (non-hydrogen) atoms. The first-order valence-electron chi connectivity index (χ1n) is 4.20. The summed E-state index contributed by atoms with van der Waals surface area (Å²) in [5.74, 6) is 1.47. The van der Waals surface area contributed by atoms with Gasteiger partial charge in [0, 0.05) is 18.6 Å². The molecule has 0 saturated carbocycles. The molecule has 1 N–H and O–H groups in total. The quantitative estimate of drug-likeness (QED) is 0.756. The van der Waals surface area contributed by atoms with E-state index in [-0.39, 0.29) is 5.41 Å². The standard InChI is InChI=1S/C9H14ClN3/c1-9(2,5-10)6-12-8-3-4-11-7-13-8/h3-4,7H,5-6H2,1-2H3,(H,11,12,13). The molecule has 0 atom stereocenters. The van der Waals surface area contributed by atoms with Crippen molar-refractivity contribution in [3.05, 3.63) is 18.6 Å². The van der Waals surface area contributed by atoms with Crippen LogP contribution in [0.15, 0.2) is 18.6 Å². The minimum Gasteiger partial charge on any atom is -0.369 e. The Labute approximate surface area is 83.5 Å². The van der Waals surface area contributed by atoms with E-state index in [2.05, 4.69) is 29.1 Å². The van der Waals surface area contributed by atoms with E-state index in [9.17, 15) is 0 Å². The van der Waals surface area contributed by atoms with Crippen molar-refractivity contribution in [2.75, 3.05) is 17.7 Å². The first-order valence-corrected chi connectivity index (χ1v) is 4.73. The zero-order chi connectivity index (χ0) is 9.73. The number of anilines is 1. The Morgan fingerprint density at radius 1 is 1.54 bits per heavy atom. The maximum Gasteiger partial charge on any atom is 0.129 e. The molecule has 0 radical (unpaired) electrons. The van der Waals surface area contributed by atoms with Gasteiger partial charge in [0.1, 0.15) is 12.1 Å². The van der Waals surface area contributed by atoms with Crippen LogP contribution in [0, 0.1) is 5.41 Å². The molecule has 0 aliphatic heterocycles. The first kappa shape index (κ1) is 10.3. The van der Waals surface area contributed by atoms with Crippen LogP contribution < -0.4 is 5.32 Å². The molecule has 0 saturated heterocycles. The fraction of sp³-hybridized carbons (Fsp3) is 0.556. The highest BCUT2D eigenvalue weighted by molar-refractivity contribution is 6.18. The number of alkyl halides is 1. The second kappa shape index (κ2) is 4.42. The molecule has 0 aliphatic rings. The molecular formula is C9H14ClN3. The highest BCUT2D eigenvalue weighted by Crippen LogP contribution is 2.17. The van der Waals surface area contributed by atoms with Crippen LogP contribution in [0.3, 0.4) is 0 Å². The molecule has 3 nitrogen and oxygen atoms in total. The number of hydrogen-bond acceptors (Lipinski definition) is 3. The average Bonchev–Trinajstić information content (AvgIpc) is 2.17. The van der Waals surface area contributed by atoms with E-state index in [1.54, 1.807) is 6.20 Å². The van der Waals surface area contributed by atoms with Crippen LogP contribution in [0.2, 0.25) is 0 Å². The van der Waals surface area contributed by atoms with Gasteiger partial charge in [-0.25, -0.2) is 9.97 Å². The van der Waals surface area contributed by atoms with Crippen LogP contribution in [0.25, 0.3) is 0 Å². The molecule has 1 aromatic rings. The minimum atomic E-state index is 0.0898. The fourth-order valence-corrected chi connectivity index (χ4v) is 0.867. The van der Waals surface area contributed by atoms with Gasteiger partial charge < -0.3 is 5.32 Å². The minimum absolute atomic E-state index is 0.0898. The second-order valence-corrected chi connectivity index (χ2v) is 4.01. The Balaban J connectivity index is 2.44. The van der Waals surface area contributed by atoms with Crippen LogP contribution in [0.1, 0.15) is 13.8 Å². The third-order valence-corrected chi connectivity index (χ3v) is 2.42. The zero-order valence-electron chi connectivity index (χ0n) is 7.92. The summed E-state index contributed by atoms with van der Waals surface area (Å²) in [6, 6.07) is 1.84. The lowest BCUT2D eigenvalue weighted by atomic mass is 9.97. The Hall–Kier alpha value is -0.830. The van der Waals surface area contributed by atoms with Gasteiger partial charge in [0.2, 0.25) is 0 Å². The van der Waals surface area contributed by atoms with Gasteiger partial charge in [0.25, 0.3) is 0 Å². The molecule has 0 spiro atoms. The maximum atomic E-state index is 5.79. The molecule has 1 rings (SSSR count). The van der Waals surface area contributed by atoms with Crippen molar-refractivity contribution in [2.24, 2.45) is 5.41 Å². The number of aromatic nitrogens is 2. The van der Waals surface area contributed by atoms with E-state index in [1.807, 2.05) is 6.07 Å². The van der Waals surface area contributed by atoms with E-state index in [0.717, 1.165) is 12.4 Å². The van der Waals surface area contributed by atoms with Crippen molar-refractivity contribution in [3.8, 4) is 0 Å². The Kier molecular flexibility index (Phi) is 3.48. The third kappa shape index (κ3) is 3.59. The van der Waals surface area contributed by atoms with Crippen molar-refractivity contribution in [1.82, 2.24) is 9.97 Å². The molecule has 1 heterocycles. The summed E-state index contributed by atoms with van der Waals surface area (Å²) in [6.07, 6.45) is 3.24. The normalized spacial score (nSPS) is 11.3. The van der Waals surface area contributed by atoms with Gasteiger partial charge in [-0.1, -0.05) is 13.8 Å². The lowest BCUT2D eigenvalue weighted by Gasteiger charge is -2.21. The van der Waals surface area contributed by atoms with E-state index < -0.39 is 0 Å². The van der Waals surface area contributed by atoms with Gasteiger partial charge in [-0.05, 0) is 11.5 Å². The highest BCUT2D eigenvalue weighted by Gasteiger charge is 2.15. The van der Waals surface area contributed by atoms with Crippen LogP contribution in [0.4, 0.5) is 5.82 Å². The summed E-state index contributed by atoms with van der Waals surface area (Å²) < 4.78 is 0. The van der Waals surface area contributed by atoms with Gasteiger partial charge in [-0.15, -0.1) is 11.6 Å². The molecule has 4 heteroatoms. The molecule has 0 fully saturated rings. The summed E-state index contributed by atoms with van der Waals surface area (Å²) in [6.45, 7) is 5.02. The predicted octanol–water partition coefficient (Wildman–Crippen LogP) is 2.15. The molecule has 0 aromatic carbocycles. The van der Waals surface area contributed by atoms with Gasteiger partial charge in [-0.2, -0.15) is 0 Å². The summed E-state index contributed by atoms with van der Waals surface area (Å²) in [7, 11) is 0. The van der Waals surface area contributed by atoms with Crippen molar-refractivity contribution in [1.29, 1.82) is 0 Å². The van der Waals surface area contributed by atoms with Crippen LogP contribution >= 0.6 is 11.6 Å². The third-order valence-electron chi connectivity index (χ3n) is 1.69. The Bertz CT molecular complexity index is 248. The number of halogens is 1. The van der Waals surface area contributed by atoms with Gasteiger partial charge >= 0.3 is 0 Å². The van der Waals surface area contributed by atoms with E-state index in [1.165, 1.54) is 6.33 Å². The van der Waals surface area contributed by atoms with Crippen LogP contribution in [-0.2, 0) is 0 Å². The van der Waals surface area contributed by atoms with E-state index in [4.69, 9.17) is 11.6 Å². The maximum absolute atomic E-state index is 5.79. The van der Waals surface area contributed by atoms with Crippen molar-refractivity contribution < 1.29 is 0 Å². The molecule has 0 bridgehead atoms. The Morgan fingerprint density at radius 2 is 2.31 bits per heavy atom. The fourth-order valence-electron chi connectivity index (χ4n) is 0.772. The van der Waals surface area contributed by atoms with E-state index >= 15 is 0 Å². The molecule has 1 aromatic heterocycles. The predicted molar refractivity (Wildman–Crippen MR) is 55.0 cm³/mol. The average molecular weight is 200 g/mol. The summed E-state index contributed by atoms with van der Waals surface area (Å²) >= 11 is 5.79. The smallest absolute Gasteiger partial charge is 0.129 e. The summed E-state index contributed by atoms with van der Waals surface area (Å²) in [5.41, 5.74) is 0.0898. The van der Waals surface area contributed by atoms with Gasteiger partial charge in [0.15, 0.2) is 0 Å². The molecule has 0 unspecified atom stereocenters. The molecule has 72 valence electrons. The van der Waals surface area contributed by atoms with Crippen LogP contribution in [-0.4, -0.2) is 22.4 Å².